The molecule has 1 unspecified atom stereocenters. The normalized spacial score (nSPS) is 17.1. The first-order valence-corrected chi connectivity index (χ1v) is 12.3. The molecule has 3 aromatic rings. The standard InChI is InChI=1S/C27H34ClN5O/c1-20-10-12-22(13-11-20)18-33-26(28)25(21(2)30-33)27(34)29-14-7-15-32-17-16-31(3)19-24(32)23-8-5-4-6-9-23/h4-6,8-13,24H,7,14-19H2,1-3H3,(H,29,34). The first kappa shape index (κ1) is 24.5. The fourth-order valence-corrected chi connectivity index (χ4v) is 4.89. The van der Waals surface area contributed by atoms with E-state index in [9.17, 15) is 4.79 Å². The van der Waals surface area contributed by atoms with Gasteiger partial charge in [-0.05, 0) is 38.4 Å². The molecular weight excluding hydrogens is 446 g/mol. The molecular formula is C27H34ClN5O. The zero-order chi connectivity index (χ0) is 24.1. The lowest BCUT2D eigenvalue weighted by Crippen LogP contribution is -2.47. The lowest BCUT2D eigenvalue weighted by atomic mass is 10.0. The van der Waals surface area contributed by atoms with E-state index in [2.05, 4.69) is 88.8 Å². The van der Waals surface area contributed by atoms with Gasteiger partial charge in [-0.2, -0.15) is 5.10 Å². The Bertz CT molecular complexity index is 1100. The summed E-state index contributed by atoms with van der Waals surface area (Å²) in [6, 6.07) is 19.3. The van der Waals surface area contributed by atoms with Gasteiger partial charge < -0.3 is 10.2 Å². The van der Waals surface area contributed by atoms with Crippen LogP contribution in [0.1, 0.15) is 45.2 Å². The van der Waals surface area contributed by atoms with Crippen molar-refractivity contribution < 1.29 is 4.79 Å². The van der Waals surface area contributed by atoms with Gasteiger partial charge in [-0.3, -0.25) is 9.69 Å². The lowest BCUT2D eigenvalue weighted by Gasteiger charge is -2.40. The largest absolute Gasteiger partial charge is 0.352 e. The van der Waals surface area contributed by atoms with Crippen LogP contribution in [0.5, 0.6) is 0 Å². The Labute approximate surface area is 207 Å². The van der Waals surface area contributed by atoms with Gasteiger partial charge in [0.2, 0.25) is 0 Å². The summed E-state index contributed by atoms with van der Waals surface area (Å²) < 4.78 is 1.70. The van der Waals surface area contributed by atoms with Gasteiger partial charge >= 0.3 is 0 Å². The number of amides is 1. The Kier molecular flexibility index (Phi) is 8.03. The molecule has 1 aliphatic heterocycles. The zero-order valence-corrected chi connectivity index (χ0v) is 21.1. The van der Waals surface area contributed by atoms with Gasteiger partial charge in [-0.15, -0.1) is 0 Å². The van der Waals surface area contributed by atoms with Gasteiger partial charge in [0.15, 0.2) is 0 Å². The molecule has 180 valence electrons. The SMILES string of the molecule is Cc1ccc(Cn2nc(C)c(C(=O)NCCCN3CCN(C)CC3c3ccccc3)c2Cl)cc1. The number of rotatable bonds is 8. The smallest absolute Gasteiger partial charge is 0.256 e. The number of nitrogens with one attached hydrogen (secondary N) is 1. The third-order valence-corrected chi connectivity index (χ3v) is 6.92. The summed E-state index contributed by atoms with van der Waals surface area (Å²) in [5.74, 6) is -0.157. The van der Waals surface area contributed by atoms with E-state index in [-0.39, 0.29) is 5.91 Å². The average molecular weight is 480 g/mol. The lowest BCUT2D eigenvalue weighted by molar-refractivity contribution is 0.0865. The van der Waals surface area contributed by atoms with Gasteiger partial charge in [0.05, 0.1) is 17.8 Å². The molecule has 0 spiro atoms. The topological polar surface area (TPSA) is 53.4 Å². The average Bonchev–Trinajstić information content (AvgIpc) is 3.12. The van der Waals surface area contributed by atoms with Crippen LogP contribution in [0.4, 0.5) is 0 Å². The zero-order valence-electron chi connectivity index (χ0n) is 20.3. The Morgan fingerprint density at radius 3 is 2.56 bits per heavy atom. The molecule has 1 amide bonds. The number of hydrogen-bond donors (Lipinski definition) is 1. The second-order valence-corrected chi connectivity index (χ2v) is 9.59. The molecule has 34 heavy (non-hydrogen) atoms. The number of carbonyl (C=O) groups excluding carboxylic acids is 1. The summed E-state index contributed by atoms with van der Waals surface area (Å²) in [6.07, 6.45) is 0.882. The van der Waals surface area contributed by atoms with Crippen molar-refractivity contribution in [2.24, 2.45) is 0 Å². The summed E-state index contributed by atoms with van der Waals surface area (Å²) in [5.41, 5.74) is 4.77. The first-order valence-electron chi connectivity index (χ1n) is 12.0. The van der Waals surface area contributed by atoms with E-state index >= 15 is 0 Å². The molecule has 1 fully saturated rings. The molecule has 0 radical (unpaired) electrons. The van der Waals surface area contributed by atoms with Gasteiger partial charge in [0, 0.05) is 38.8 Å². The minimum absolute atomic E-state index is 0.157. The highest BCUT2D eigenvalue weighted by molar-refractivity contribution is 6.33. The summed E-state index contributed by atoms with van der Waals surface area (Å²) >= 11 is 6.57. The Balaban J connectivity index is 1.32. The van der Waals surface area contributed by atoms with Crippen LogP contribution < -0.4 is 5.32 Å². The molecule has 1 saturated heterocycles. The Hall–Kier alpha value is -2.67. The maximum absolute atomic E-state index is 12.9. The van der Waals surface area contributed by atoms with Crippen LogP contribution in [0.3, 0.4) is 0 Å². The summed E-state index contributed by atoms with van der Waals surface area (Å²) in [6.45, 7) is 9.08. The molecule has 4 rings (SSSR count). The second kappa shape index (κ2) is 11.2. The molecule has 6 nitrogen and oxygen atoms in total. The highest BCUT2D eigenvalue weighted by Gasteiger charge is 2.26. The van der Waals surface area contributed by atoms with Crippen molar-refractivity contribution in [3.63, 3.8) is 0 Å². The van der Waals surface area contributed by atoms with Crippen molar-refractivity contribution >= 4 is 17.5 Å². The van der Waals surface area contributed by atoms with Crippen LogP contribution in [-0.2, 0) is 6.54 Å². The molecule has 1 aromatic heterocycles. The van der Waals surface area contributed by atoms with Crippen molar-refractivity contribution in [2.75, 3.05) is 39.8 Å². The summed E-state index contributed by atoms with van der Waals surface area (Å²) in [5, 5.41) is 7.95. The molecule has 0 aliphatic carbocycles. The molecule has 0 bridgehead atoms. The van der Waals surface area contributed by atoms with Gasteiger partial charge in [0.25, 0.3) is 5.91 Å². The van der Waals surface area contributed by atoms with Gasteiger partial charge in [0.1, 0.15) is 5.15 Å². The Morgan fingerprint density at radius 1 is 1.09 bits per heavy atom. The first-order chi connectivity index (χ1) is 16.4. The number of benzene rings is 2. The molecule has 1 atom stereocenters. The summed E-state index contributed by atoms with van der Waals surface area (Å²) in [7, 11) is 2.18. The fourth-order valence-electron chi connectivity index (χ4n) is 4.57. The minimum atomic E-state index is -0.157. The number of aryl methyl sites for hydroxylation is 2. The molecule has 7 heteroatoms. The molecule has 1 aliphatic rings. The van der Waals surface area contributed by atoms with Crippen LogP contribution >= 0.6 is 11.6 Å². The maximum atomic E-state index is 12.9. The summed E-state index contributed by atoms with van der Waals surface area (Å²) in [4.78, 5) is 17.8. The van der Waals surface area contributed by atoms with Crippen LogP contribution in [0.15, 0.2) is 54.6 Å². The van der Waals surface area contributed by atoms with Crippen LogP contribution in [0.25, 0.3) is 0 Å². The highest BCUT2D eigenvalue weighted by atomic mass is 35.5. The van der Waals surface area contributed by atoms with Crippen LogP contribution in [0, 0.1) is 13.8 Å². The number of nitrogens with zero attached hydrogens (tertiary/aromatic N) is 4. The minimum Gasteiger partial charge on any atom is -0.352 e. The number of hydrogen-bond acceptors (Lipinski definition) is 4. The monoisotopic (exact) mass is 479 g/mol. The van der Waals surface area contributed by atoms with Crippen molar-refractivity contribution in [1.29, 1.82) is 0 Å². The van der Waals surface area contributed by atoms with Crippen molar-refractivity contribution in [3.8, 4) is 0 Å². The van der Waals surface area contributed by atoms with E-state index in [0.29, 0.717) is 35.5 Å². The van der Waals surface area contributed by atoms with E-state index in [0.717, 1.165) is 38.2 Å². The molecule has 0 saturated carbocycles. The molecule has 1 N–H and O–H groups in total. The van der Waals surface area contributed by atoms with Crippen molar-refractivity contribution in [3.05, 3.63) is 87.7 Å². The number of likely N-dealkylation sites (N-methyl/N-ethyl adjacent to an activating group) is 1. The predicted molar refractivity (Wildman–Crippen MR) is 137 cm³/mol. The number of carbonyl (C=O) groups is 1. The number of halogens is 1. The van der Waals surface area contributed by atoms with E-state index in [1.807, 2.05) is 6.92 Å². The Morgan fingerprint density at radius 2 is 1.82 bits per heavy atom. The highest BCUT2D eigenvalue weighted by Crippen LogP contribution is 2.25. The number of piperazine rings is 1. The number of aromatic nitrogens is 2. The second-order valence-electron chi connectivity index (χ2n) is 9.23. The van der Waals surface area contributed by atoms with Gasteiger partial charge in [-0.25, -0.2) is 4.68 Å². The van der Waals surface area contributed by atoms with Crippen LogP contribution in [0.2, 0.25) is 5.15 Å². The predicted octanol–water partition coefficient (Wildman–Crippen LogP) is 4.31. The van der Waals surface area contributed by atoms with Crippen molar-refractivity contribution in [2.45, 2.75) is 32.9 Å². The van der Waals surface area contributed by atoms with E-state index in [1.54, 1.807) is 4.68 Å². The van der Waals surface area contributed by atoms with E-state index in [1.165, 1.54) is 11.1 Å². The van der Waals surface area contributed by atoms with Gasteiger partial charge in [-0.1, -0.05) is 71.8 Å². The maximum Gasteiger partial charge on any atom is 0.256 e. The molecule has 2 heterocycles. The van der Waals surface area contributed by atoms with Crippen molar-refractivity contribution in [1.82, 2.24) is 24.9 Å². The molecule has 2 aromatic carbocycles. The van der Waals surface area contributed by atoms with E-state index in [4.69, 9.17) is 11.6 Å². The third kappa shape index (κ3) is 5.87. The fraction of sp³-hybridized carbons (Fsp3) is 0.407. The third-order valence-electron chi connectivity index (χ3n) is 6.53. The quantitative estimate of drug-likeness (QED) is 0.489. The van der Waals surface area contributed by atoms with E-state index < -0.39 is 0 Å². The van der Waals surface area contributed by atoms with Crippen LogP contribution in [-0.4, -0.2) is 65.3 Å².